The van der Waals surface area contributed by atoms with Crippen LogP contribution in [0.15, 0.2) is 18.2 Å². The number of rotatable bonds is 2. The van der Waals surface area contributed by atoms with Crippen molar-refractivity contribution in [2.75, 3.05) is 7.11 Å². The Hall–Kier alpha value is -1.39. The Morgan fingerprint density at radius 2 is 2.10 bits per heavy atom. The lowest BCUT2D eigenvalue weighted by atomic mass is 9.97. The average molecular weight is 307 g/mol. The number of nitrogens with one attached hydrogen (secondary N) is 1. The zero-order valence-electron chi connectivity index (χ0n) is 11.2. The molecule has 0 saturated carbocycles. The Labute approximate surface area is 128 Å². The highest BCUT2D eigenvalue weighted by molar-refractivity contribution is 7.71. The molecule has 2 aromatic rings. The summed E-state index contributed by atoms with van der Waals surface area (Å²) in [5, 5.41) is 0.641. The van der Waals surface area contributed by atoms with Crippen LogP contribution in [0.5, 0.6) is 5.75 Å². The first kappa shape index (κ1) is 13.6. The lowest BCUT2D eigenvalue weighted by Crippen LogP contribution is -2.09. The lowest BCUT2D eigenvalue weighted by molar-refractivity contribution is 0.416. The zero-order valence-corrected chi connectivity index (χ0v) is 12.8. The molecule has 0 bridgehead atoms. The molecule has 20 heavy (non-hydrogen) atoms. The van der Waals surface area contributed by atoms with Crippen LogP contribution in [-0.4, -0.2) is 17.1 Å². The number of aromatic nitrogens is 2. The first-order valence-corrected chi connectivity index (χ1v) is 7.43. The number of H-pyrrole nitrogens is 1. The van der Waals surface area contributed by atoms with Crippen LogP contribution in [0, 0.1) is 4.64 Å². The molecule has 1 aromatic carbocycles. The summed E-state index contributed by atoms with van der Waals surface area (Å²) in [6.07, 6.45) is 4.44. The van der Waals surface area contributed by atoms with Crippen molar-refractivity contribution in [3.05, 3.63) is 39.1 Å². The summed E-state index contributed by atoms with van der Waals surface area (Å²) in [5.74, 6) is 1.45. The number of hydrogen-bond donors (Lipinski definition) is 1. The Morgan fingerprint density at radius 3 is 2.90 bits per heavy atom. The second kappa shape index (κ2) is 5.54. The van der Waals surface area contributed by atoms with Crippen LogP contribution in [0.25, 0.3) is 11.4 Å². The fraction of sp³-hybridized carbons (Fsp3) is 0.333. The van der Waals surface area contributed by atoms with Crippen LogP contribution in [0.3, 0.4) is 0 Å². The van der Waals surface area contributed by atoms with Gasteiger partial charge in [0.15, 0.2) is 0 Å². The van der Waals surface area contributed by atoms with E-state index in [2.05, 4.69) is 9.97 Å². The number of nitrogens with zero attached hydrogens (tertiary/aromatic N) is 1. The summed E-state index contributed by atoms with van der Waals surface area (Å²) in [4.78, 5) is 7.95. The van der Waals surface area contributed by atoms with E-state index in [1.807, 2.05) is 12.1 Å². The summed E-state index contributed by atoms with van der Waals surface area (Å²) >= 11 is 11.4. The highest BCUT2D eigenvalue weighted by atomic mass is 35.5. The van der Waals surface area contributed by atoms with E-state index in [9.17, 15) is 0 Å². The molecule has 1 aromatic heterocycles. The van der Waals surface area contributed by atoms with Crippen molar-refractivity contribution in [2.24, 2.45) is 0 Å². The number of hydrogen-bond acceptors (Lipinski definition) is 3. The molecule has 1 N–H and O–H groups in total. The van der Waals surface area contributed by atoms with Gasteiger partial charge in [0.05, 0.1) is 12.7 Å². The fourth-order valence-electron chi connectivity index (χ4n) is 2.61. The van der Waals surface area contributed by atoms with Crippen molar-refractivity contribution in [2.45, 2.75) is 25.7 Å². The second-order valence-corrected chi connectivity index (χ2v) is 5.72. The SMILES string of the molecule is COc1cc(Cl)ccc1-c1nc(=S)c2c([nH]1)CCCC2. The number of aromatic amines is 1. The number of benzene rings is 1. The standard InChI is InChI=1S/C15H15ClN2OS/c1-19-13-8-9(16)6-7-11(13)14-17-12-5-3-2-4-10(12)15(20)18-14/h6-8H,2-5H2,1H3,(H,17,18,20). The Balaban J connectivity index is 2.16. The highest BCUT2D eigenvalue weighted by Crippen LogP contribution is 2.31. The Morgan fingerprint density at radius 1 is 1.30 bits per heavy atom. The average Bonchev–Trinajstić information content (AvgIpc) is 2.47. The minimum Gasteiger partial charge on any atom is -0.496 e. The van der Waals surface area contributed by atoms with E-state index < -0.39 is 0 Å². The second-order valence-electron chi connectivity index (χ2n) is 4.90. The summed E-state index contributed by atoms with van der Waals surface area (Å²) < 4.78 is 6.09. The fourth-order valence-corrected chi connectivity index (χ4v) is 3.09. The third-order valence-corrected chi connectivity index (χ3v) is 4.20. The molecule has 0 atom stereocenters. The minimum absolute atomic E-state index is 0.641. The van der Waals surface area contributed by atoms with Gasteiger partial charge in [-0.25, -0.2) is 4.98 Å². The van der Waals surface area contributed by atoms with Crippen LogP contribution < -0.4 is 4.74 Å². The maximum atomic E-state index is 6.00. The first-order valence-electron chi connectivity index (χ1n) is 6.65. The van der Waals surface area contributed by atoms with Crippen molar-refractivity contribution < 1.29 is 4.74 Å². The molecular weight excluding hydrogens is 292 g/mol. The maximum absolute atomic E-state index is 6.00. The molecule has 0 amide bonds. The van der Waals surface area contributed by atoms with Crippen molar-refractivity contribution in [3.63, 3.8) is 0 Å². The predicted molar refractivity (Wildman–Crippen MR) is 83.1 cm³/mol. The Bertz CT molecular complexity index is 712. The molecule has 3 rings (SSSR count). The molecule has 3 nitrogen and oxygen atoms in total. The summed E-state index contributed by atoms with van der Waals surface area (Å²) in [7, 11) is 1.63. The van der Waals surface area contributed by atoms with Gasteiger partial charge in [-0.15, -0.1) is 0 Å². The summed E-state index contributed by atoms with van der Waals surface area (Å²) in [5.41, 5.74) is 3.29. The van der Waals surface area contributed by atoms with Gasteiger partial charge in [0, 0.05) is 16.3 Å². The topological polar surface area (TPSA) is 37.9 Å². The minimum atomic E-state index is 0.641. The predicted octanol–water partition coefficient (Wildman–Crippen LogP) is 4.35. The summed E-state index contributed by atoms with van der Waals surface area (Å²) in [6, 6.07) is 5.52. The molecular formula is C15H15ClN2OS. The molecule has 1 heterocycles. The number of aryl methyl sites for hydroxylation is 1. The van der Waals surface area contributed by atoms with E-state index in [0.29, 0.717) is 15.4 Å². The lowest BCUT2D eigenvalue weighted by Gasteiger charge is -2.17. The van der Waals surface area contributed by atoms with E-state index in [4.69, 9.17) is 28.6 Å². The molecule has 5 heteroatoms. The van der Waals surface area contributed by atoms with E-state index in [-0.39, 0.29) is 0 Å². The van der Waals surface area contributed by atoms with E-state index in [1.165, 1.54) is 24.1 Å². The number of ether oxygens (including phenoxy) is 1. The number of halogens is 1. The van der Waals surface area contributed by atoms with Gasteiger partial charge in [-0.2, -0.15) is 0 Å². The molecule has 0 fully saturated rings. The quantitative estimate of drug-likeness (QED) is 0.838. The number of fused-ring (bicyclic) bond motifs is 1. The van der Waals surface area contributed by atoms with Crippen LogP contribution in [0.1, 0.15) is 24.1 Å². The number of methoxy groups -OCH3 is 1. The van der Waals surface area contributed by atoms with Crippen molar-refractivity contribution in [1.29, 1.82) is 0 Å². The van der Waals surface area contributed by atoms with Crippen LogP contribution >= 0.6 is 23.8 Å². The third-order valence-electron chi connectivity index (χ3n) is 3.63. The zero-order chi connectivity index (χ0) is 14.1. The molecule has 0 radical (unpaired) electrons. The van der Waals surface area contributed by atoms with E-state index in [0.717, 1.165) is 24.2 Å². The monoisotopic (exact) mass is 306 g/mol. The van der Waals surface area contributed by atoms with Gasteiger partial charge in [0.25, 0.3) is 0 Å². The van der Waals surface area contributed by atoms with E-state index >= 15 is 0 Å². The molecule has 0 aliphatic heterocycles. The van der Waals surface area contributed by atoms with Crippen LogP contribution in [0.4, 0.5) is 0 Å². The third kappa shape index (κ3) is 2.45. The Kier molecular flexibility index (Phi) is 3.76. The van der Waals surface area contributed by atoms with Crippen LogP contribution in [-0.2, 0) is 12.8 Å². The molecule has 104 valence electrons. The van der Waals surface area contributed by atoms with Crippen molar-refractivity contribution in [1.82, 2.24) is 9.97 Å². The van der Waals surface area contributed by atoms with E-state index in [1.54, 1.807) is 13.2 Å². The normalized spacial score (nSPS) is 13.9. The first-order chi connectivity index (χ1) is 9.69. The van der Waals surface area contributed by atoms with Crippen molar-refractivity contribution >= 4 is 23.8 Å². The molecule has 1 aliphatic rings. The van der Waals surface area contributed by atoms with Gasteiger partial charge in [0.1, 0.15) is 16.2 Å². The van der Waals surface area contributed by atoms with Gasteiger partial charge < -0.3 is 9.72 Å². The molecule has 1 aliphatic carbocycles. The molecule has 0 unspecified atom stereocenters. The van der Waals surface area contributed by atoms with Crippen molar-refractivity contribution in [3.8, 4) is 17.1 Å². The maximum Gasteiger partial charge on any atom is 0.142 e. The highest BCUT2D eigenvalue weighted by Gasteiger charge is 2.16. The smallest absolute Gasteiger partial charge is 0.142 e. The summed E-state index contributed by atoms with van der Waals surface area (Å²) in [6.45, 7) is 0. The van der Waals surface area contributed by atoms with Gasteiger partial charge in [-0.05, 0) is 43.9 Å². The van der Waals surface area contributed by atoms with Crippen LogP contribution in [0.2, 0.25) is 5.02 Å². The largest absolute Gasteiger partial charge is 0.496 e. The van der Waals surface area contributed by atoms with Gasteiger partial charge in [0.2, 0.25) is 0 Å². The molecule has 0 spiro atoms. The molecule has 0 saturated heterocycles. The van der Waals surface area contributed by atoms with Gasteiger partial charge in [-0.1, -0.05) is 23.8 Å². The van der Waals surface area contributed by atoms with Gasteiger partial charge >= 0.3 is 0 Å². The van der Waals surface area contributed by atoms with Gasteiger partial charge in [-0.3, -0.25) is 0 Å².